The number of hydrogen-bond acceptors (Lipinski definition) is 3. The Morgan fingerprint density at radius 1 is 1.14 bits per heavy atom. The van der Waals surface area contributed by atoms with Gasteiger partial charge in [0, 0.05) is 26.7 Å². The highest BCUT2D eigenvalue weighted by atomic mass is 35.5. The molecule has 2 nitrogen and oxygen atoms in total. The lowest BCUT2D eigenvalue weighted by Crippen LogP contribution is -2.25. The Balaban J connectivity index is 1.95. The van der Waals surface area contributed by atoms with Crippen LogP contribution < -0.4 is 10.5 Å². The predicted octanol–water partition coefficient (Wildman–Crippen LogP) is 4.66. The van der Waals surface area contributed by atoms with Gasteiger partial charge in [-0.3, -0.25) is 0 Å². The fraction of sp³-hybridized carbons (Fsp3) is 0.250. The van der Waals surface area contributed by atoms with E-state index in [1.54, 1.807) is 18.9 Å². The Bertz CT molecular complexity index is 607. The number of methoxy groups -OCH3 is 1. The molecule has 0 bridgehead atoms. The third-order valence-electron chi connectivity index (χ3n) is 2.98. The number of ether oxygens (including phenoxy) is 1. The largest absolute Gasteiger partial charge is 0.496 e. The first-order valence-corrected chi connectivity index (χ1v) is 8.29. The van der Waals surface area contributed by atoms with Crippen molar-refractivity contribution >= 4 is 35.0 Å². The number of benzene rings is 2. The highest BCUT2D eigenvalue weighted by Crippen LogP contribution is 2.26. The molecular weight excluding hydrogens is 325 g/mol. The summed E-state index contributed by atoms with van der Waals surface area (Å²) >= 11 is 13.7. The normalized spacial score (nSPS) is 12.2. The Labute approximate surface area is 139 Å². The summed E-state index contributed by atoms with van der Waals surface area (Å²) in [4.78, 5) is 1.12. The zero-order valence-electron chi connectivity index (χ0n) is 11.7. The average Bonchev–Trinajstić information content (AvgIpc) is 2.45. The smallest absolute Gasteiger partial charge is 0.122 e. The molecule has 0 aliphatic heterocycles. The maximum Gasteiger partial charge on any atom is 0.122 e. The van der Waals surface area contributed by atoms with Gasteiger partial charge >= 0.3 is 0 Å². The SMILES string of the molecule is COc1ccc(Cl)cc1CC(N)CSc1cccc(Cl)c1. The van der Waals surface area contributed by atoms with Gasteiger partial charge in [0.05, 0.1) is 7.11 Å². The summed E-state index contributed by atoms with van der Waals surface area (Å²) in [6, 6.07) is 13.4. The number of thioether (sulfide) groups is 1. The van der Waals surface area contributed by atoms with E-state index in [0.717, 1.165) is 33.4 Å². The Kier molecular flexibility index (Phi) is 6.24. The zero-order valence-corrected chi connectivity index (χ0v) is 14.0. The summed E-state index contributed by atoms with van der Waals surface area (Å²) in [5.74, 6) is 1.62. The van der Waals surface area contributed by atoms with Crippen LogP contribution in [0.1, 0.15) is 5.56 Å². The lowest BCUT2D eigenvalue weighted by Gasteiger charge is -2.14. The summed E-state index contributed by atoms with van der Waals surface area (Å²) < 4.78 is 5.34. The molecule has 0 heterocycles. The van der Waals surface area contributed by atoms with Crippen molar-refractivity contribution in [1.82, 2.24) is 0 Å². The van der Waals surface area contributed by atoms with Gasteiger partial charge in [-0.1, -0.05) is 29.3 Å². The van der Waals surface area contributed by atoms with E-state index in [0.29, 0.717) is 5.02 Å². The van der Waals surface area contributed by atoms with E-state index in [-0.39, 0.29) is 6.04 Å². The zero-order chi connectivity index (χ0) is 15.2. The van der Waals surface area contributed by atoms with Crippen LogP contribution in [0.4, 0.5) is 0 Å². The van der Waals surface area contributed by atoms with E-state index in [1.165, 1.54) is 0 Å². The first kappa shape index (κ1) is 16.5. The molecular formula is C16H17Cl2NOS. The topological polar surface area (TPSA) is 35.2 Å². The van der Waals surface area contributed by atoms with Crippen molar-refractivity contribution in [3.05, 3.63) is 58.1 Å². The van der Waals surface area contributed by atoms with E-state index in [1.807, 2.05) is 42.5 Å². The number of hydrogen-bond donors (Lipinski definition) is 1. The molecule has 2 aromatic rings. The van der Waals surface area contributed by atoms with Crippen molar-refractivity contribution in [3.63, 3.8) is 0 Å². The molecule has 0 amide bonds. The van der Waals surface area contributed by atoms with Crippen molar-refractivity contribution in [2.24, 2.45) is 5.73 Å². The second-order valence-electron chi connectivity index (χ2n) is 4.69. The summed E-state index contributed by atoms with van der Waals surface area (Å²) in [5, 5.41) is 1.44. The molecule has 21 heavy (non-hydrogen) atoms. The molecule has 0 saturated heterocycles. The standard InChI is InChI=1S/C16H17Cl2NOS/c1-20-16-6-5-13(18)7-11(16)8-14(19)10-21-15-4-2-3-12(17)9-15/h2-7,9,14H,8,10,19H2,1H3. The molecule has 0 aliphatic carbocycles. The van der Waals surface area contributed by atoms with Gasteiger partial charge in [0.1, 0.15) is 5.75 Å². The van der Waals surface area contributed by atoms with Crippen molar-refractivity contribution in [1.29, 1.82) is 0 Å². The van der Waals surface area contributed by atoms with Crippen LogP contribution in [0.3, 0.4) is 0 Å². The highest BCUT2D eigenvalue weighted by molar-refractivity contribution is 7.99. The van der Waals surface area contributed by atoms with Crippen LogP contribution in [0.5, 0.6) is 5.75 Å². The first-order chi connectivity index (χ1) is 10.1. The van der Waals surface area contributed by atoms with Gasteiger partial charge in [-0.15, -0.1) is 11.8 Å². The van der Waals surface area contributed by atoms with Crippen LogP contribution >= 0.6 is 35.0 Å². The molecule has 1 atom stereocenters. The maximum absolute atomic E-state index is 6.21. The number of halogens is 2. The second kappa shape index (κ2) is 7.95. The maximum atomic E-state index is 6.21. The summed E-state index contributed by atoms with van der Waals surface area (Å²) in [6.07, 6.45) is 0.720. The Hall–Kier alpha value is -0.870. The van der Waals surface area contributed by atoms with Gasteiger partial charge in [-0.25, -0.2) is 0 Å². The Morgan fingerprint density at radius 2 is 1.90 bits per heavy atom. The van der Waals surface area contributed by atoms with E-state index in [2.05, 4.69) is 0 Å². The molecule has 0 spiro atoms. The van der Waals surface area contributed by atoms with Gasteiger partial charge in [0.25, 0.3) is 0 Å². The third kappa shape index (κ3) is 5.11. The predicted molar refractivity (Wildman–Crippen MR) is 91.9 cm³/mol. The molecule has 0 radical (unpaired) electrons. The van der Waals surface area contributed by atoms with E-state index >= 15 is 0 Å². The summed E-state index contributed by atoms with van der Waals surface area (Å²) in [6.45, 7) is 0. The summed E-state index contributed by atoms with van der Waals surface area (Å²) in [5.41, 5.74) is 7.24. The quantitative estimate of drug-likeness (QED) is 0.775. The van der Waals surface area contributed by atoms with Gasteiger partial charge in [0.2, 0.25) is 0 Å². The minimum absolute atomic E-state index is 0.0151. The van der Waals surface area contributed by atoms with E-state index in [9.17, 15) is 0 Å². The monoisotopic (exact) mass is 341 g/mol. The van der Waals surface area contributed by atoms with Crippen LogP contribution in [0.2, 0.25) is 10.0 Å². The lowest BCUT2D eigenvalue weighted by atomic mass is 10.1. The molecule has 2 rings (SSSR count). The highest BCUT2D eigenvalue weighted by Gasteiger charge is 2.10. The molecule has 112 valence electrons. The number of rotatable bonds is 6. The molecule has 2 aromatic carbocycles. The van der Waals surface area contributed by atoms with Crippen molar-refractivity contribution in [2.75, 3.05) is 12.9 Å². The molecule has 0 saturated carbocycles. The molecule has 0 aliphatic rings. The fourth-order valence-electron chi connectivity index (χ4n) is 2.01. The second-order valence-corrected chi connectivity index (χ2v) is 6.66. The first-order valence-electron chi connectivity index (χ1n) is 6.55. The number of nitrogens with two attached hydrogens (primary N) is 1. The van der Waals surface area contributed by atoms with Crippen LogP contribution in [-0.2, 0) is 6.42 Å². The van der Waals surface area contributed by atoms with Crippen molar-refractivity contribution < 1.29 is 4.74 Å². The minimum Gasteiger partial charge on any atom is -0.496 e. The van der Waals surface area contributed by atoms with E-state index in [4.69, 9.17) is 33.7 Å². The molecule has 0 fully saturated rings. The summed E-state index contributed by atoms with van der Waals surface area (Å²) in [7, 11) is 1.65. The third-order valence-corrected chi connectivity index (χ3v) is 4.64. The minimum atomic E-state index is 0.0151. The van der Waals surface area contributed by atoms with Gasteiger partial charge in [0.15, 0.2) is 0 Å². The van der Waals surface area contributed by atoms with Crippen LogP contribution in [-0.4, -0.2) is 18.9 Å². The van der Waals surface area contributed by atoms with Gasteiger partial charge in [-0.05, 0) is 48.4 Å². The molecule has 2 N–H and O–H groups in total. The average molecular weight is 342 g/mol. The van der Waals surface area contributed by atoms with Crippen molar-refractivity contribution in [2.45, 2.75) is 17.4 Å². The fourth-order valence-corrected chi connectivity index (χ4v) is 3.37. The van der Waals surface area contributed by atoms with Crippen LogP contribution in [0.25, 0.3) is 0 Å². The van der Waals surface area contributed by atoms with Crippen LogP contribution in [0, 0.1) is 0 Å². The van der Waals surface area contributed by atoms with Gasteiger partial charge in [-0.2, -0.15) is 0 Å². The van der Waals surface area contributed by atoms with Gasteiger partial charge < -0.3 is 10.5 Å². The van der Waals surface area contributed by atoms with Crippen LogP contribution in [0.15, 0.2) is 47.4 Å². The molecule has 0 aromatic heterocycles. The lowest BCUT2D eigenvalue weighted by molar-refractivity contribution is 0.408. The van der Waals surface area contributed by atoms with Crippen molar-refractivity contribution in [3.8, 4) is 5.75 Å². The molecule has 5 heteroatoms. The van der Waals surface area contributed by atoms with E-state index < -0.39 is 0 Å². The molecule has 1 unspecified atom stereocenters. The Morgan fingerprint density at radius 3 is 2.62 bits per heavy atom.